The smallest absolute Gasteiger partial charge is 0.303 e. The molecule has 0 fully saturated rings. The first-order valence-electron chi connectivity index (χ1n) is 6.67. The number of hydrogen-bond acceptors (Lipinski definition) is 3. The Hall–Kier alpha value is -1.45. The number of allylic oxidation sites excluding steroid dienone is 1. The first-order valence-corrected chi connectivity index (χ1v) is 6.67. The maximum Gasteiger partial charge on any atom is 0.303 e. The van der Waals surface area contributed by atoms with Crippen LogP contribution in [0.3, 0.4) is 0 Å². The molecule has 0 atom stereocenters. The molecule has 4 nitrogen and oxygen atoms in total. The molecule has 0 amide bonds. The van der Waals surface area contributed by atoms with Crippen molar-refractivity contribution < 1.29 is 19.4 Å². The topological polar surface area (TPSA) is 55.8 Å². The Bertz CT molecular complexity index is 294. The SMILES string of the molecule is O=C(O)CCCCCCCCCC1=COC=CO1. The molecule has 0 aromatic rings. The summed E-state index contributed by atoms with van der Waals surface area (Å²) in [4.78, 5) is 10.3. The summed E-state index contributed by atoms with van der Waals surface area (Å²) in [7, 11) is 0. The molecule has 1 rings (SSSR count). The molecule has 1 heterocycles. The van der Waals surface area contributed by atoms with Gasteiger partial charge in [0.25, 0.3) is 0 Å². The molecule has 1 N–H and O–H groups in total. The molecule has 1 aliphatic rings. The zero-order valence-corrected chi connectivity index (χ0v) is 10.8. The second-order valence-corrected chi connectivity index (χ2v) is 4.48. The van der Waals surface area contributed by atoms with E-state index in [1.54, 1.807) is 12.5 Å². The van der Waals surface area contributed by atoms with Crippen LogP contribution in [0.4, 0.5) is 0 Å². The van der Waals surface area contributed by atoms with Crippen molar-refractivity contribution in [1.29, 1.82) is 0 Å². The van der Waals surface area contributed by atoms with E-state index in [4.69, 9.17) is 14.6 Å². The van der Waals surface area contributed by atoms with E-state index in [0.717, 1.165) is 37.9 Å². The summed E-state index contributed by atoms with van der Waals surface area (Å²) in [6.45, 7) is 0. The highest BCUT2D eigenvalue weighted by Crippen LogP contribution is 2.15. The van der Waals surface area contributed by atoms with Crippen molar-refractivity contribution in [3.8, 4) is 0 Å². The van der Waals surface area contributed by atoms with Crippen LogP contribution in [0.15, 0.2) is 24.5 Å². The van der Waals surface area contributed by atoms with E-state index < -0.39 is 5.97 Å². The van der Waals surface area contributed by atoms with Gasteiger partial charge in [0.1, 0.15) is 24.5 Å². The number of carboxylic acid groups (broad SMARTS) is 1. The fourth-order valence-electron chi connectivity index (χ4n) is 1.87. The van der Waals surface area contributed by atoms with Gasteiger partial charge in [-0.05, 0) is 12.8 Å². The molecule has 102 valence electrons. The molecule has 0 aromatic carbocycles. The first-order chi connectivity index (χ1) is 8.79. The number of carboxylic acids is 1. The number of aliphatic carboxylic acids is 1. The van der Waals surface area contributed by atoms with Crippen LogP contribution in [0.5, 0.6) is 0 Å². The van der Waals surface area contributed by atoms with Crippen molar-refractivity contribution in [3.05, 3.63) is 24.5 Å². The monoisotopic (exact) mass is 254 g/mol. The Morgan fingerprint density at radius 3 is 2.28 bits per heavy atom. The Kier molecular flexibility index (Phi) is 7.77. The highest BCUT2D eigenvalue weighted by molar-refractivity contribution is 5.66. The van der Waals surface area contributed by atoms with E-state index in [9.17, 15) is 4.79 Å². The van der Waals surface area contributed by atoms with Crippen LogP contribution in [0.25, 0.3) is 0 Å². The first kappa shape index (κ1) is 14.6. The number of hydrogen-bond donors (Lipinski definition) is 1. The van der Waals surface area contributed by atoms with Crippen molar-refractivity contribution >= 4 is 5.97 Å². The van der Waals surface area contributed by atoms with Crippen LogP contribution >= 0.6 is 0 Å². The summed E-state index contributed by atoms with van der Waals surface area (Å²) in [5.74, 6) is 0.200. The minimum atomic E-state index is -0.688. The predicted octanol–water partition coefficient (Wildman–Crippen LogP) is 3.94. The average molecular weight is 254 g/mol. The summed E-state index contributed by atoms with van der Waals surface area (Å²) in [6, 6.07) is 0. The Labute approximate surface area is 108 Å². The number of unbranched alkanes of at least 4 members (excludes halogenated alkanes) is 6. The Balaban J connectivity index is 1.81. The van der Waals surface area contributed by atoms with Crippen molar-refractivity contribution in [2.75, 3.05) is 0 Å². The normalized spacial score (nSPS) is 13.7. The molecule has 4 heteroatoms. The number of carbonyl (C=O) groups is 1. The Morgan fingerprint density at radius 2 is 1.67 bits per heavy atom. The van der Waals surface area contributed by atoms with Gasteiger partial charge in [-0.15, -0.1) is 0 Å². The van der Waals surface area contributed by atoms with E-state index in [1.165, 1.54) is 25.5 Å². The summed E-state index contributed by atoms with van der Waals surface area (Å²) < 4.78 is 10.3. The Morgan fingerprint density at radius 1 is 1.00 bits per heavy atom. The maximum absolute atomic E-state index is 10.3. The number of rotatable bonds is 10. The second-order valence-electron chi connectivity index (χ2n) is 4.48. The summed E-state index contributed by atoms with van der Waals surface area (Å²) >= 11 is 0. The van der Waals surface area contributed by atoms with Gasteiger partial charge in [0, 0.05) is 12.8 Å². The molecule has 18 heavy (non-hydrogen) atoms. The molecule has 0 bridgehead atoms. The van der Waals surface area contributed by atoms with Gasteiger partial charge < -0.3 is 14.6 Å². The molecule has 0 spiro atoms. The van der Waals surface area contributed by atoms with Gasteiger partial charge in [-0.3, -0.25) is 4.79 Å². The summed E-state index contributed by atoms with van der Waals surface area (Å²) in [6.07, 6.45) is 13.6. The van der Waals surface area contributed by atoms with Gasteiger partial charge in [0.15, 0.2) is 0 Å². The molecular formula is C14H22O4. The van der Waals surface area contributed by atoms with Crippen LogP contribution in [0.2, 0.25) is 0 Å². The lowest BCUT2D eigenvalue weighted by molar-refractivity contribution is -0.137. The van der Waals surface area contributed by atoms with Crippen molar-refractivity contribution in [2.45, 2.75) is 57.8 Å². The zero-order valence-electron chi connectivity index (χ0n) is 10.8. The zero-order chi connectivity index (χ0) is 13.1. The third kappa shape index (κ3) is 7.76. The fourth-order valence-corrected chi connectivity index (χ4v) is 1.87. The van der Waals surface area contributed by atoms with E-state index >= 15 is 0 Å². The molecule has 0 aromatic heterocycles. The third-order valence-corrected chi connectivity index (χ3v) is 2.87. The van der Waals surface area contributed by atoms with Crippen LogP contribution in [-0.4, -0.2) is 11.1 Å². The minimum absolute atomic E-state index is 0.305. The summed E-state index contributed by atoms with van der Waals surface area (Å²) in [5.41, 5.74) is 0. The quantitative estimate of drug-likeness (QED) is 0.600. The second kappa shape index (κ2) is 9.57. The van der Waals surface area contributed by atoms with Crippen LogP contribution < -0.4 is 0 Å². The van der Waals surface area contributed by atoms with Gasteiger partial charge in [0.2, 0.25) is 0 Å². The van der Waals surface area contributed by atoms with Gasteiger partial charge in [0.05, 0.1) is 0 Å². The maximum atomic E-state index is 10.3. The van der Waals surface area contributed by atoms with Crippen LogP contribution in [0.1, 0.15) is 57.8 Å². The van der Waals surface area contributed by atoms with Crippen molar-refractivity contribution in [2.24, 2.45) is 0 Å². The van der Waals surface area contributed by atoms with E-state index in [-0.39, 0.29) is 0 Å². The fraction of sp³-hybridized carbons (Fsp3) is 0.643. The standard InChI is InChI=1S/C14H22O4/c15-14(16)9-7-5-3-1-2-4-6-8-13-12-17-10-11-18-13/h10-12H,1-9H2,(H,15,16). The van der Waals surface area contributed by atoms with E-state index in [1.807, 2.05) is 0 Å². The van der Waals surface area contributed by atoms with Crippen LogP contribution in [0, 0.1) is 0 Å². The number of ether oxygens (including phenoxy) is 2. The van der Waals surface area contributed by atoms with Gasteiger partial charge in [-0.2, -0.15) is 0 Å². The lowest BCUT2D eigenvalue weighted by Crippen LogP contribution is -1.93. The van der Waals surface area contributed by atoms with Crippen molar-refractivity contribution in [1.82, 2.24) is 0 Å². The lowest BCUT2D eigenvalue weighted by Gasteiger charge is -2.09. The van der Waals surface area contributed by atoms with Gasteiger partial charge in [-0.25, -0.2) is 0 Å². The molecule has 0 saturated carbocycles. The molecule has 0 radical (unpaired) electrons. The van der Waals surface area contributed by atoms with Gasteiger partial charge in [-0.1, -0.05) is 32.1 Å². The molecule has 0 aliphatic carbocycles. The van der Waals surface area contributed by atoms with Crippen LogP contribution in [-0.2, 0) is 14.3 Å². The predicted molar refractivity (Wildman–Crippen MR) is 68.6 cm³/mol. The van der Waals surface area contributed by atoms with Crippen molar-refractivity contribution in [3.63, 3.8) is 0 Å². The molecule has 0 saturated heterocycles. The highest BCUT2D eigenvalue weighted by Gasteiger charge is 2.01. The largest absolute Gasteiger partial charge is 0.481 e. The minimum Gasteiger partial charge on any atom is -0.481 e. The van der Waals surface area contributed by atoms with E-state index in [2.05, 4.69) is 0 Å². The summed E-state index contributed by atoms with van der Waals surface area (Å²) in [5, 5.41) is 8.48. The molecule has 0 unspecified atom stereocenters. The highest BCUT2D eigenvalue weighted by atomic mass is 16.5. The third-order valence-electron chi connectivity index (χ3n) is 2.87. The van der Waals surface area contributed by atoms with E-state index in [0.29, 0.717) is 6.42 Å². The lowest BCUT2D eigenvalue weighted by atomic mass is 10.1. The van der Waals surface area contributed by atoms with Gasteiger partial charge >= 0.3 is 5.97 Å². The molecule has 1 aliphatic heterocycles. The average Bonchev–Trinajstić information content (AvgIpc) is 2.37. The molecular weight excluding hydrogens is 232 g/mol.